The number of nitrogens with zero attached hydrogens (tertiary/aromatic N) is 1. The van der Waals surface area contributed by atoms with E-state index in [0.717, 1.165) is 16.7 Å². The van der Waals surface area contributed by atoms with E-state index >= 15 is 0 Å². The number of aryl methyl sites for hydroxylation is 1. The fourth-order valence-corrected chi connectivity index (χ4v) is 1.92. The van der Waals surface area contributed by atoms with Gasteiger partial charge in [-0.2, -0.15) is 0 Å². The Morgan fingerprint density at radius 2 is 1.72 bits per heavy atom. The van der Waals surface area contributed by atoms with Crippen LogP contribution in [0.2, 0.25) is 0 Å². The van der Waals surface area contributed by atoms with Gasteiger partial charge in [0.25, 0.3) is 0 Å². The molecule has 0 amide bonds. The molecule has 2 aromatic rings. The second-order valence-electron chi connectivity index (χ2n) is 3.99. The summed E-state index contributed by atoms with van der Waals surface area (Å²) in [5.41, 5.74) is 9.38. The summed E-state index contributed by atoms with van der Waals surface area (Å²) in [4.78, 5) is 4.15. The van der Waals surface area contributed by atoms with Crippen molar-refractivity contribution in [2.45, 2.75) is 6.92 Å². The normalized spacial score (nSPS) is 10.2. The molecule has 0 radical (unpaired) electrons. The Kier molecular flexibility index (Phi) is 3.37. The van der Waals surface area contributed by atoms with Crippen LogP contribution in [-0.4, -0.2) is 19.2 Å². The zero-order valence-corrected chi connectivity index (χ0v) is 10.7. The van der Waals surface area contributed by atoms with Crippen molar-refractivity contribution in [2.75, 3.05) is 20.0 Å². The van der Waals surface area contributed by atoms with Crippen molar-refractivity contribution < 1.29 is 9.47 Å². The van der Waals surface area contributed by atoms with Gasteiger partial charge in [0, 0.05) is 35.8 Å². The Labute approximate surface area is 106 Å². The Bertz CT molecular complexity index is 542. The minimum absolute atomic E-state index is 0.606. The molecule has 0 aliphatic carbocycles. The number of ether oxygens (including phenoxy) is 2. The Morgan fingerprint density at radius 1 is 1.11 bits per heavy atom. The molecular formula is C14H16N2O2. The summed E-state index contributed by atoms with van der Waals surface area (Å²) in [7, 11) is 3.23. The lowest BCUT2D eigenvalue weighted by Gasteiger charge is -2.15. The van der Waals surface area contributed by atoms with Gasteiger partial charge in [0.2, 0.25) is 0 Å². The van der Waals surface area contributed by atoms with Crippen LogP contribution in [-0.2, 0) is 0 Å². The summed E-state index contributed by atoms with van der Waals surface area (Å²) in [5.74, 6) is 1.37. The predicted octanol–water partition coefficient (Wildman–Crippen LogP) is 2.66. The third-order valence-electron chi connectivity index (χ3n) is 2.84. The zero-order chi connectivity index (χ0) is 13.1. The van der Waals surface area contributed by atoms with Crippen molar-refractivity contribution in [3.63, 3.8) is 0 Å². The summed E-state index contributed by atoms with van der Waals surface area (Å²) in [6.07, 6.45) is 3.56. The van der Waals surface area contributed by atoms with Crippen LogP contribution in [0.1, 0.15) is 5.56 Å². The van der Waals surface area contributed by atoms with E-state index in [9.17, 15) is 0 Å². The van der Waals surface area contributed by atoms with Crippen molar-refractivity contribution in [2.24, 2.45) is 0 Å². The molecule has 4 nitrogen and oxygen atoms in total. The number of pyridine rings is 1. The summed E-state index contributed by atoms with van der Waals surface area (Å²) in [5, 5.41) is 0. The second kappa shape index (κ2) is 4.96. The quantitative estimate of drug-likeness (QED) is 0.843. The molecule has 1 aromatic heterocycles. The van der Waals surface area contributed by atoms with Gasteiger partial charge < -0.3 is 15.2 Å². The largest absolute Gasteiger partial charge is 0.496 e. The van der Waals surface area contributed by atoms with E-state index in [1.165, 1.54) is 0 Å². The lowest BCUT2D eigenvalue weighted by atomic mass is 10.0. The minimum atomic E-state index is 0.606. The third-order valence-corrected chi connectivity index (χ3v) is 2.84. The average Bonchev–Trinajstić information content (AvgIpc) is 2.38. The smallest absolute Gasteiger partial charge is 0.132 e. The zero-order valence-electron chi connectivity index (χ0n) is 10.7. The molecule has 94 valence electrons. The maximum atomic E-state index is 5.82. The van der Waals surface area contributed by atoms with E-state index in [-0.39, 0.29) is 0 Å². The SMILES string of the molecule is COc1cc(N)cc(OC)c1-c1cnccc1C. The van der Waals surface area contributed by atoms with Crippen molar-refractivity contribution in [1.29, 1.82) is 0 Å². The first-order chi connectivity index (χ1) is 8.67. The number of rotatable bonds is 3. The molecule has 4 heteroatoms. The molecule has 0 unspecified atom stereocenters. The van der Waals surface area contributed by atoms with E-state index in [4.69, 9.17) is 15.2 Å². The van der Waals surface area contributed by atoms with Gasteiger partial charge in [-0.1, -0.05) is 0 Å². The van der Waals surface area contributed by atoms with Crippen LogP contribution >= 0.6 is 0 Å². The molecular weight excluding hydrogens is 228 g/mol. The Morgan fingerprint density at radius 3 is 2.22 bits per heavy atom. The number of hydrogen-bond donors (Lipinski definition) is 1. The van der Waals surface area contributed by atoms with E-state index in [1.54, 1.807) is 38.7 Å². The maximum Gasteiger partial charge on any atom is 0.132 e. The maximum absolute atomic E-state index is 5.82. The molecule has 0 aliphatic heterocycles. The van der Waals surface area contributed by atoms with Crippen molar-refractivity contribution in [3.8, 4) is 22.6 Å². The highest BCUT2D eigenvalue weighted by Crippen LogP contribution is 2.41. The number of benzene rings is 1. The monoisotopic (exact) mass is 244 g/mol. The molecule has 18 heavy (non-hydrogen) atoms. The van der Waals surface area contributed by atoms with Gasteiger partial charge >= 0.3 is 0 Å². The number of nitrogens with two attached hydrogens (primary N) is 1. The summed E-state index contributed by atoms with van der Waals surface area (Å²) in [6.45, 7) is 2.02. The molecule has 0 saturated carbocycles. The van der Waals surface area contributed by atoms with Crippen LogP contribution in [0.4, 0.5) is 5.69 Å². The Hall–Kier alpha value is -2.23. The van der Waals surface area contributed by atoms with E-state index in [0.29, 0.717) is 17.2 Å². The van der Waals surface area contributed by atoms with Crippen molar-refractivity contribution in [1.82, 2.24) is 4.98 Å². The van der Waals surface area contributed by atoms with Gasteiger partial charge in [-0.05, 0) is 18.6 Å². The Balaban J connectivity index is 2.73. The van der Waals surface area contributed by atoms with E-state index in [2.05, 4.69) is 4.98 Å². The highest BCUT2D eigenvalue weighted by Gasteiger charge is 2.15. The standard InChI is InChI=1S/C14H16N2O2/c1-9-4-5-16-8-11(9)14-12(17-2)6-10(15)7-13(14)18-3/h4-8H,15H2,1-3H3. The molecule has 0 bridgehead atoms. The predicted molar refractivity (Wildman–Crippen MR) is 71.9 cm³/mol. The molecule has 2 rings (SSSR count). The van der Waals surface area contributed by atoms with Crippen LogP contribution in [0.3, 0.4) is 0 Å². The van der Waals surface area contributed by atoms with Gasteiger partial charge in [-0.3, -0.25) is 4.98 Å². The van der Waals surface area contributed by atoms with Crippen LogP contribution in [0.5, 0.6) is 11.5 Å². The first-order valence-electron chi connectivity index (χ1n) is 5.60. The van der Waals surface area contributed by atoms with E-state index in [1.807, 2.05) is 13.0 Å². The lowest BCUT2D eigenvalue weighted by molar-refractivity contribution is 0.398. The van der Waals surface area contributed by atoms with Gasteiger partial charge in [-0.25, -0.2) is 0 Å². The molecule has 0 spiro atoms. The molecule has 1 heterocycles. The van der Waals surface area contributed by atoms with Crippen molar-refractivity contribution in [3.05, 3.63) is 36.2 Å². The molecule has 0 fully saturated rings. The molecule has 1 aromatic carbocycles. The highest BCUT2D eigenvalue weighted by atomic mass is 16.5. The van der Waals surface area contributed by atoms with Crippen molar-refractivity contribution >= 4 is 5.69 Å². The van der Waals surface area contributed by atoms with E-state index < -0.39 is 0 Å². The number of hydrogen-bond acceptors (Lipinski definition) is 4. The van der Waals surface area contributed by atoms with Crippen LogP contribution in [0, 0.1) is 6.92 Å². The average molecular weight is 244 g/mol. The highest BCUT2D eigenvalue weighted by molar-refractivity contribution is 5.81. The van der Waals surface area contributed by atoms with Gasteiger partial charge in [0.1, 0.15) is 11.5 Å². The van der Waals surface area contributed by atoms with Gasteiger partial charge in [0.05, 0.1) is 19.8 Å². The summed E-state index contributed by atoms with van der Waals surface area (Å²) < 4.78 is 10.8. The second-order valence-corrected chi connectivity index (χ2v) is 3.99. The van der Waals surface area contributed by atoms with Crippen LogP contribution < -0.4 is 15.2 Å². The fourth-order valence-electron chi connectivity index (χ4n) is 1.92. The molecule has 0 atom stereocenters. The molecule has 0 saturated heterocycles. The lowest BCUT2D eigenvalue weighted by Crippen LogP contribution is -1.97. The molecule has 2 N–H and O–H groups in total. The fraction of sp³-hybridized carbons (Fsp3) is 0.214. The minimum Gasteiger partial charge on any atom is -0.496 e. The van der Waals surface area contributed by atoms with Crippen LogP contribution in [0.15, 0.2) is 30.6 Å². The number of aromatic nitrogens is 1. The number of methoxy groups -OCH3 is 2. The third kappa shape index (κ3) is 2.09. The number of nitrogen functional groups attached to an aromatic ring is 1. The van der Waals surface area contributed by atoms with Gasteiger partial charge in [0.15, 0.2) is 0 Å². The number of anilines is 1. The topological polar surface area (TPSA) is 57.4 Å². The first kappa shape index (κ1) is 12.2. The summed E-state index contributed by atoms with van der Waals surface area (Å²) in [6, 6.07) is 5.51. The summed E-state index contributed by atoms with van der Waals surface area (Å²) >= 11 is 0. The van der Waals surface area contributed by atoms with Gasteiger partial charge in [-0.15, -0.1) is 0 Å². The molecule has 0 aliphatic rings. The van der Waals surface area contributed by atoms with Crippen LogP contribution in [0.25, 0.3) is 11.1 Å². The first-order valence-corrected chi connectivity index (χ1v) is 5.60.